The first kappa shape index (κ1) is 18.6. The Morgan fingerprint density at radius 3 is 2.81 bits per heavy atom. The molecule has 3 rings (SSSR count). The molecule has 3 aromatic rings. The molecular formula is C19H25N7O. The SMILES string of the molecule is CCCNc1nccc(-c2cn(C(C)C)nc2-c2cnc(N)c(OC)c2)n1. The van der Waals surface area contributed by atoms with E-state index in [9.17, 15) is 0 Å². The number of hydrogen-bond donors (Lipinski definition) is 2. The van der Waals surface area contributed by atoms with E-state index < -0.39 is 0 Å². The van der Waals surface area contributed by atoms with Crippen LogP contribution in [0.25, 0.3) is 22.5 Å². The van der Waals surface area contributed by atoms with E-state index in [0.29, 0.717) is 17.5 Å². The van der Waals surface area contributed by atoms with Crippen LogP contribution >= 0.6 is 0 Å². The predicted octanol–water partition coefficient (Wildman–Crippen LogP) is 3.40. The zero-order chi connectivity index (χ0) is 19.4. The Morgan fingerprint density at radius 2 is 2.11 bits per heavy atom. The highest BCUT2D eigenvalue weighted by atomic mass is 16.5. The number of anilines is 2. The van der Waals surface area contributed by atoms with Crippen LogP contribution in [0.15, 0.2) is 30.7 Å². The molecule has 3 aromatic heterocycles. The number of nitrogens with two attached hydrogens (primary N) is 1. The van der Waals surface area contributed by atoms with E-state index in [1.165, 1.54) is 0 Å². The fourth-order valence-corrected chi connectivity index (χ4v) is 2.64. The molecule has 0 bridgehead atoms. The molecule has 27 heavy (non-hydrogen) atoms. The van der Waals surface area contributed by atoms with Gasteiger partial charge in [0.2, 0.25) is 5.95 Å². The molecular weight excluding hydrogens is 342 g/mol. The largest absolute Gasteiger partial charge is 0.493 e. The van der Waals surface area contributed by atoms with Crippen LogP contribution in [0.1, 0.15) is 33.2 Å². The Balaban J connectivity index is 2.10. The smallest absolute Gasteiger partial charge is 0.223 e. The summed E-state index contributed by atoms with van der Waals surface area (Å²) >= 11 is 0. The number of rotatable bonds is 7. The molecule has 0 aliphatic carbocycles. The molecule has 0 fully saturated rings. The summed E-state index contributed by atoms with van der Waals surface area (Å²) in [5.41, 5.74) is 9.14. The van der Waals surface area contributed by atoms with E-state index in [0.717, 1.165) is 35.5 Å². The highest BCUT2D eigenvalue weighted by molar-refractivity contribution is 5.79. The van der Waals surface area contributed by atoms with Crippen LogP contribution < -0.4 is 15.8 Å². The number of nitrogens with zero attached hydrogens (tertiary/aromatic N) is 5. The second kappa shape index (κ2) is 8.03. The lowest BCUT2D eigenvalue weighted by Crippen LogP contribution is -2.04. The molecule has 142 valence electrons. The van der Waals surface area contributed by atoms with Gasteiger partial charge in [-0.25, -0.2) is 15.0 Å². The summed E-state index contributed by atoms with van der Waals surface area (Å²) in [5, 5.41) is 7.97. The zero-order valence-electron chi connectivity index (χ0n) is 16.1. The van der Waals surface area contributed by atoms with E-state index in [2.05, 4.69) is 41.0 Å². The van der Waals surface area contributed by atoms with Gasteiger partial charge in [0.15, 0.2) is 11.6 Å². The van der Waals surface area contributed by atoms with Gasteiger partial charge in [-0.15, -0.1) is 0 Å². The highest BCUT2D eigenvalue weighted by Crippen LogP contribution is 2.33. The van der Waals surface area contributed by atoms with Gasteiger partial charge >= 0.3 is 0 Å². The van der Waals surface area contributed by atoms with Crippen molar-refractivity contribution < 1.29 is 4.74 Å². The Morgan fingerprint density at radius 1 is 1.30 bits per heavy atom. The lowest BCUT2D eigenvalue weighted by atomic mass is 10.1. The highest BCUT2D eigenvalue weighted by Gasteiger charge is 2.18. The van der Waals surface area contributed by atoms with Gasteiger partial charge in [0.1, 0.15) is 5.69 Å². The van der Waals surface area contributed by atoms with E-state index >= 15 is 0 Å². The Hall–Kier alpha value is -3.16. The maximum Gasteiger partial charge on any atom is 0.223 e. The normalized spacial score (nSPS) is 11.0. The molecule has 0 spiro atoms. The van der Waals surface area contributed by atoms with Crippen LogP contribution in [0.3, 0.4) is 0 Å². The van der Waals surface area contributed by atoms with Gasteiger partial charge in [-0.05, 0) is 32.4 Å². The summed E-state index contributed by atoms with van der Waals surface area (Å²) < 4.78 is 7.22. The van der Waals surface area contributed by atoms with Gasteiger partial charge in [0, 0.05) is 42.3 Å². The Kier molecular flexibility index (Phi) is 5.54. The van der Waals surface area contributed by atoms with Crippen molar-refractivity contribution in [3.63, 3.8) is 0 Å². The number of methoxy groups -OCH3 is 1. The van der Waals surface area contributed by atoms with E-state index in [1.54, 1.807) is 19.5 Å². The third-order valence-corrected chi connectivity index (χ3v) is 4.10. The first-order valence-electron chi connectivity index (χ1n) is 8.99. The summed E-state index contributed by atoms with van der Waals surface area (Å²) in [6.45, 7) is 7.08. The van der Waals surface area contributed by atoms with Crippen molar-refractivity contribution in [3.8, 4) is 28.3 Å². The van der Waals surface area contributed by atoms with Gasteiger partial charge in [-0.1, -0.05) is 6.92 Å². The number of ether oxygens (including phenoxy) is 1. The average Bonchev–Trinajstić information content (AvgIpc) is 3.13. The third kappa shape index (κ3) is 3.99. The molecule has 8 nitrogen and oxygen atoms in total. The molecule has 0 saturated carbocycles. The maximum absolute atomic E-state index is 5.86. The molecule has 3 N–H and O–H groups in total. The van der Waals surface area contributed by atoms with E-state index in [1.807, 2.05) is 23.0 Å². The number of hydrogen-bond acceptors (Lipinski definition) is 7. The molecule has 0 saturated heterocycles. The second-order valence-electron chi connectivity index (χ2n) is 6.47. The minimum atomic E-state index is 0.209. The molecule has 0 aliphatic rings. The minimum Gasteiger partial charge on any atom is -0.493 e. The monoisotopic (exact) mass is 367 g/mol. The van der Waals surface area contributed by atoms with Crippen LogP contribution in [-0.4, -0.2) is 38.4 Å². The van der Waals surface area contributed by atoms with Gasteiger partial charge < -0.3 is 15.8 Å². The second-order valence-corrected chi connectivity index (χ2v) is 6.47. The fourth-order valence-electron chi connectivity index (χ4n) is 2.64. The summed E-state index contributed by atoms with van der Waals surface area (Å²) in [6, 6.07) is 3.93. The summed E-state index contributed by atoms with van der Waals surface area (Å²) in [4.78, 5) is 13.2. The lowest BCUT2D eigenvalue weighted by molar-refractivity contribution is 0.415. The van der Waals surface area contributed by atoms with E-state index in [4.69, 9.17) is 15.6 Å². The topological polar surface area (TPSA) is 104 Å². The molecule has 0 atom stereocenters. The van der Waals surface area contributed by atoms with Gasteiger partial charge in [0.25, 0.3) is 0 Å². The van der Waals surface area contributed by atoms with Gasteiger partial charge in [-0.3, -0.25) is 4.68 Å². The maximum atomic E-state index is 5.86. The van der Waals surface area contributed by atoms with Crippen molar-refractivity contribution in [1.29, 1.82) is 0 Å². The number of pyridine rings is 1. The zero-order valence-corrected chi connectivity index (χ0v) is 16.1. The summed E-state index contributed by atoms with van der Waals surface area (Å²) in [6.07, 6.45) is 6.44. The van der Waals surface area contributed by atoms with Crippen LogP contribution in [0.5, 0.6) is 5.75 Å². The van der Waals surface area contributed by atoms with Crippen LogP contribution in [0.4, 0.5) is 11.8 Å². The predicted molar refractivity (Wildman–Crippen MR) is 107 cm³/mol. The Labute approximate surface area is 158 Å². The van der Waals surface area contributed by atoms with Crippen molar-refractivity contribution in [2.75, 3.05) is 24.7 Å². The summed E-state index contributed by atoms with van der Waals surface area (Å²) in [5.74, 6) is 1.47. The van der Waals surface area contributed by atoms with Crippen molar-refractivity contribution in [3.05, 3.63) is 30.7 Å². The van der Waals surface area contributed by atoms with Crippen molar-refractivity contribution in [2.45, 2.75) is 33.2 Å². The van der Waals surface area contributed by atoms with Crippen LogP contribution in [0.2, 0.25) is 0 Å². The molecule has 0 amide bonds. The lowest BCUT2D eigenvalue weighted by Gasteiger charge is -2.08. The standard InChI is InChI=1S/C19H25N7O/c1-5-7-21-19-22-8-6-15(24-19)14-11-26(12(2)3)25-17(14)13-9-16(27-4)18(20)23-10-13/h6,8-12H,5,7H2,1-4H3,(H2,20,23)(H,21,22,24). The summed E-state index contributed by atoms with van der Waals surface area (Å²) in [7, 11) is 1.57. The van der Waals surface area contributed by atoms with Gasteiger partial charge in [0.05, 0.1) is 12.8 Å². The fraction of sp³-hybridized carbons (Fsp3) is 0.368. The Bertz CT molecular complexity index is 920. The number of nitrogens with one attached hydrogen (secondary N) is 1. The molecule has 0 aromatic carbocycles. The van der Waals surface area contributed by atoms with E-state index in [-0.39, 0.29) is 6.04 Å². The van der Waals surface area contributed by atoms with Crippen molar-refractivity contribution in [1.82, 2.24) is 24.7 Å². The third-order valence-electron chi connectivity index (χ3n) is 4.10. The van der Waals surface area contributed by atoms with Crippen LogP contribution in [-0.2, 0) is 0 Å². The quantitative estimate of drug-likeness (QED) is 0.659. The average molecular weight is 367 g/mol. The van der Waals surface area contributed by atoms with Crippen molar-refractivity contribution >= 4 is 11.8 Å². The van der Waals surface area contributed by atoms with Gasteiger partial charge in [-0.2, -0.15) is 5.10 Å². The molecule has 0 radical (unpaired) electrons. The first-order chi connectivity index (χ1) is 13.0. The molecule has 3 heterocycles. The first-order valence-corrected chi connectivity index (χ1v) is 8.99. The minimum absolute atomic E-state index is 0.209. The van der Waals surface area contributed by atoms with Crippen molar-refractivity contribution in [2.24, 2.45) is 0 Å². The molecule has 0 aliphatic heterocycles. The number of nitrogen functional groups attached to an aromatic ring is 1. The number of aromatic nitrogens is 5. The molecule has 0 unspecified atom stereocenters. The molecule has 8 heteroatoms. The van der Waals surface area contributed by atoms with Crippen LogP contribution in [0, 0.1) is 0 Å².